The van der Waals surface area contributed by atoms with Crippen LogP contribution in [0.3, 0.4) is 0 Å². The van der Waals surface area contributed by atoms with E-state index in [9.17, 15) is 14.7 Å². The quantitative estimate of drug-likeness (QED) is 0.740. The summed E-state index contributed by atoms with van der Waals surface area (Å²) in [6.45, 7) is 6.54. The van der Waals surface area contributed by atoms with Crippen LogP contribution in [0.5, 0.6) is 0 Å². The van der Waals surface area contributed by atoms with Crippen molar-refractivity contribution in [3.8, 4) is 0 Å². The first kappa shape index (κ1) is 18.1. The number of aliphatic hydroxyl groups is 1. The number of carbonyl (C=O) groups is 2. The van der Waals surface area contributed by atoms with Crippen molar-refractivity contribution in [3.63, 3.8) is 0 Å². The van der Waals surface area contributed by atoms with E-state index in [1.54, 1.807) is 31.5 Å². The molecule has 0 saturated heterocycles. The third kappa shape index (κ3) is 3.82. The zero-order valence-electron chi connectivity index (χ0n) is 14.4. The Morgan fingerprint density at radius 3 is 2.62 bits per heavy atom. The van der Waals surface area contributed by atoms with Crippen LogP contribution in [-0.4, -0.2) is 45.9 Å². The molecule has 6 heteroatoms. The van der Waals surface area contributed by atoms with Crippen LogP contribution in [0.1, 0.15) is 45.2 Å². The minimum Gasteiger partial charge on any atom is -0.503 e. The number of ketones is 1. The van der Waals surface area contributed by atoms with Gasteiger partial charge in [-0.05, 0) is 38.0 Å². The van der Waals surface area contributed by atoms with Crippen LogP contribution in [0.4, 0.5) is 0 Å². The van der Waals surface area contributed by atoms with E-state index in [1.165, 1.54) is 4.90 Å². The minimum absolute atomic E-state index is 0.124. The molecule has 2 rings (SSSR count). The molecule has 1 aliphatic heterocycles. The Morgan fingerprint density at radius 2 is 2.04 bits per heavy atom. The number of carbonyl (C=O) groups excluding carboxylic acids is 2. The number of nitrogens with zero attached hydrogens (tertiary/aromatic N) is 2. The Labute approximate surface area is 142 Å². The fourth-order valence-electron chi connectivity index (χ4n) is 2.81. The second kappa shape index (κ2) is 8.06. The molecule has 0 bridgehead atoms. The van der Waals surface area contributed by atoms with Crippen LogP contribution in [0.15, 0.2) is 35.9 Å². The lowest BCUT2D eigenvalue weighted by molar-refractivity contribution is -0.129. The predicted molar refractivity (Wildman–Crippen MR) is 89.3 cm³/mol. The first-order valence-electron chi connectivity index (χ1n) is 8.26. The molecule has 1 N–H and O–H groups in total. The zero-order valence-corrected chi connectivity index (χ0v) is 14.4. The number of rotatable bonds is 8. The molecule has 1 aliphatic rings. The van der Waals surface area contributed by atoms with E-state index in [-0.39, 0.29) is 23.9 Å². The van der Waals surface area contributed by atoms with Crippen molar-refractivity contribution < 1.29 is 19.4 Å². The van der Waals surface area contributed by atoms with Crippen LogP contribution in [0.25, 0.3) is 0 Å². The average Bonchev–Trinajstić information content (AvgIpc) is 2.83. The lowest BCUT2D eigenvalue weighted by Crippen LogP contribution is -2.32. The fourth-order valence-corrected chi connectivity index (χ4v) is 2.81. The molecule has 0 radical (unpaired) electrons. The molecule has 1 unspecified atom stereocenters. The Balaban J connectivity index is 2.26. The van der Waals surface area contributed by atoms with E-state index in [0.717, 1.165) is 5.56 Å². The number of pyridine rings is 1. The Morgan fingerprint density at radius 1 is 1.38 bits per heavy atom. The molecule has 0 fully saturated rings. The summed E-state index contributed by atoms with van der Waals surface area (Å²) in [6, 6.07) is 2.96. The molecule has 2 heterocycles. The lowest BCUT2D eigenvalue weighted by Gasteiger charge is -2.26. The van der Waals surface area contributed by atoms with Crippen LogP contribution >= 0.6 is 0 Å². The first-order chi connectivity index (χ1) is 11.5. The number of ether oxygens (including phenoxy) is 1. The third-order valence-electron chi connectivity index (χ3n) is 3.94. The molecule has 24 heavy (non-hydrogen) atoms. The molecule has 1 amide bonds. The molecule has 0 aromatic carbocycles. The van der Waals surface area contributed by atoms with E-state index in [2.05, 4.69) is 4.98 Å². The van der Waals surface area contributed by atoms with Crippen LogP contribution in [0.2, 0.25) is 0 Å². The van der Waals surface area contributed by atoms with Gasteiger partial charge in [-0.25, -0.2) is 0 Å². The third-order valence-corrected chi connectivity index (χ3v) is 3.94. The number of aromatic nitrogens is 1. The summed E-state index contributed by atoms with van der Waals surface area (Å²) >= 11 is 0. The monoisotopic (exact) mass is 332 g/mol. The molecule has 1 aromatic heterocycles. The van der Waals surface area contributed by atoms with Crippen LogP contribution in [-0.2, 0) is 14.3 Å². The van der Waals surface area contributed by atoms with Gasteiger partial charge in [0.25, 0.3) is 5.91 Å². The molecule has 1 atom stereocenters. The number of hydrogen-bond acceptors (Lipinski definition) is 5. The topological polar surface area (TPSA) is 79.7 Å². The summed E-state index contributed by atoms with van der Waals surface area (Å²) in [5.74, 6) is -1.16. The number of hydrogen-bond donors (Lipinski definition) is 1. The van der Waals surface area contributed by atoms with Gasteiger partial charge in [-0.15, -0.1) is 0 Å². The summed E-state index contributed by atoms with van der Waals surface area (Å²) in [4.78, 5) is 30.3. The van der Waals surface area contributed by atoms with E-state index < -0.39 is 17.7 Å². The van der Waals surface area contributed by atoms with Gasteiger partial charge in [0, 0.05) is 32.0 Å². The summed E-state index contributed by atoms with van der Waals surface area (Å²) in [5.41, 5.74) is 0.947. The van der Waals surface area contributed by atoms with Crippen molar-refractivity contribution in [2.75, 3.05) is 13.2 Å². The maximum Gasteiger partial charge on any atom is 0.290 e. The van der Waals surface area contributed by atoms with Gasteiger partial charge in [0.05, 0.1) is 17.7 Å². The van der Waals surface area contributed by atoms with E-state index in [1.807, 2.05) is 13.8 Å². The maximum atomic E-state index is 12.5. The summed E-state index contributed by atoms with van der Waals surface area (Å²) in [7, 11) is 0. The first-order valence-corrected chi connectivity index (χ1v) is 8.26. The zero-order chi connectivity index (χ0) is 17.7. The van der Waals surface area contributed by atoms with Gasteiger partial charge in [-0.3, -0.25) is 14.6 Å². The van der Waals surface area contributed by atoms with Crippen molar-refractivity contribution in [2.24, 2.45) is 0 Å². The standard InChI is InChI=1S/C18H24N2O4/c1-4-14(21)15-16(13-6-8-19-9-7-13)20(18(23)17(15)22)10-5-11-24-12(2)3/h6-9,12,16,22H,4-5,10-11H2,1-3H3. The van der Waals surface area contributed by atoms with Gasteiger partial charge in [0.2, 0.25) is 0 Å². The SMILES string of the molecule is CCC(=O)C1=C(O)C(=O)N(CCCOC(C)C)C1c1ccncc1. The van der Waals surface area contributed by atoms with Crippen molar-refractivity contribution in [2.45, 2.75) is 45.8 Å². The van der Waals surface area contributed by atoms with Crippen LogP contribution in [0, 0.1) is 0 Å². The van der Waals surface area contributed by atoms with E-state index >= 15 is 0 Å². The van der Waals surface area contributed by atoms with Crippen LogP contribution < -0.4 is 0 Å². The largest absolute Gasteiger partial charge is 0.503 e. The Bertz CT molecular complexity index is 625. The fraction of sp³-hybridized carbons (Fsp3) is 0.500. The highest BCUT2D eigenvalue weighted by Crippen LogP contribution is 2.37. The number of Topliss-reactive ketones (excluding diaryl/α,β-unsaturated/α-hetero) is 1. The van der Waals surface area contributed by atoms with Crippen molar-refractivity contribution in [1.82, 2.24) is 9.88 Å². The second-order valence-electron chi connectivity index (χ2n) is 5.99. The normalized spacial score (nSPS) is 17.9. The molecule has 6 nitrogen and oxygen atoms in total. The van der Waals surface area contributed by atoms with Crippen molar-refractivity contribution in [3.05, 3.63) is 41.4 Å². The van der Waals surface area contributed by atoms with E-state index in [4.69, 9.17) is 4.74 Å². The van der Waals surface area contributed by atoms with E-state index in [0.29, 0.717) is 19.6 Å². The highest BCUT2D eigenvalue weighted by Gasteiger charge is 2.42. The molecule has 1 aromatic rings. The molecule has 0 aliphatic carbocycles. The molecule has 0 spiro atoms. The number of aliphatic hydroxyl groups excluding tert-OH is 1. The Hall–Kier alpha value is -2.21. The summed E-state index contributed by atoms with van der Waals surface area (Å²) in [6.07, 6.45) is 4.22. The minimum atomic E-state index is -0.563. The highest BCUT2D eigenvalue weighted by atomic mass is 16.5. The predicted octanol–water partition coefficient (Wildman–Crippen LogP) is 2.57. The molecule has 130 valence electrons. The van der Waals surface area contributed by atoms with Gasteiger partial charge in [-0.2, -0.15) is 0 Å². The van der Waals surface area contributed by atoms with Gasteiger partial charge < -0.3 is 14.7 Å². The molecule has 0 saturated carbocycles. The summed E-state index contributed by atoms with van der Waals surface area (Å²) < 4.78 is 5.51. The van der Waals surface area contributed by atoms with Gasteiger partial charge in [-0.1, -0.05) is 6.92 Å². The maximum absolute atomic E-state index is 12.5. The molecular weight excluding hydrogens is 308 g/mol. The highest BCUT2D eigenvalue weighted by molar-refractivity contribution is 6.08. The smallest absolute Gasteiger partial charge is 0.290 e. The molecular formula is C18H24N2O4. The Kier molecular flexibility index (Phi) is 6.09. The average molecular weight is 332 g/mol. The lowest BCUT2D eigenvalue weighted by atomic mass is 9.96. The van der Waals surface area contributed by atoms with Gasteiger partial charge in [0.1, 0.15) is 0 Å². The van der Waals surface area contributed by atoms with Crippen molar-refractivity contribution in [1.29, 1.82) is 0 Å². The summed E-state index contributed by atoms with van der Waals surface area (Å²) in [5, 5.41) is 10.2. The van der Waals surface area contributed by atoms with Crippen molar-refractivity contribution >= 4 is 11.7 Å². The second-order valence-corrected chi connectivity index (χ2v) is 5.99. The van der Waals surface area contributed by atoms with Gasteiger partial charge >= 0.3 is 0 Å². The van der Waals surface area contributed by atoms with Gasteiger partial charge in [0.15, 0.2) is 11.5 Å². The number of amides is 1.